The maximum absolute atomic E-state index is 13.0. The fourth-order valence-corrected chi connectivity index (χ4v) is 3.38. The fraction of sp³-hybridized carbons (Fsp3) is 0.619. The van der Waals surface area contributed by atoms with Gasteiger partial charge < -0.3 is 10.2 Å². The van der Waals surface area contributed by atoms with E-state index in [1.807, 2.05) is 30.0 Å². The van der Waals surface area contributed by atoms with Gasteiger partial charge in [-0.15, -0.1) is 0 Å². The third-order valence-electron chi connectivity index (χ3n) is 5.16. The number of carbonyl (C=O) groups is 2. The van der Waals surface area contributed by atoms with Gasteiger partial charge in [0, 0.05) is 18.8 Å². The molecule has 0 unspecified atom stereocenters. The highest BCUT2D eigenvalue weighted by Crippen LogP contribution is 2.30. The van der Waals surface area contributed by atoms with Crippen LogP contribution in [-0.2, 0) is 9.59 Å². The van der Waals surface area contributed by atoms with E-state index in [1.54, 1.807) is 13.8 Å². The van der Waals surface area contributed by atoms with E-state index >= 15 is 0 Å². The summed E-state index contributed by atoms with van der Waals surface area (Å²) >= 11 is 0. The first-order valence-electron chi connectivity index (χ1n) is 9.45. The van der Waals surface area contributed by atoms with Gasteiger partial charge in [0.25, 0.3) is 0 Å². The topological polar surface area (TPSA) is 49.4 Å². The van der Waals surface area contributed by atoms with Gasteiger partial charge in [0.2, 0.25) is 11.8 Å². The number of rotatable bonds is 4. The van der Waals surface area contributed by atoms with Gasteiger partial charge in [-0.25, -0.2) is 0 Å². The van der Waals surface area contributed by atoms with Gasteiger partial charge in [0.05, 0.1) is 0 Å². The third kappa shape index (κ3) is 4.42. The number of carbonyl (C=O) groups excluding carboxylic acids is 2. The highest BCUT2D eigenvalue weighted by Gasteiger charge is 2.39. The molecule has 138 valence electrons. The molecule has 1 aromatic carbocycles. The molecule has 1 N–H and O–H groups in total. The second kappa shape index (κ2) is 8.03. The Morgan fingerprint density at radius 2 is 1.68 bits per heavy atom. The first-order chi connectivity index (χ1) is 11.7. The molecule has 0 saturated carbocycles. The van der Waals surface area contributed by atoms with Crippen LogP contribution in [0, 0.1) is 12.3 Å². The number of amides is 2. The van der Waals surface area contributed by atoms with Crippen LogP contribution in [0.5, 0.6) is 0 Å². The first-order valence-corrected chi connectivity index (χ1v) is 9.45. The number of nitrogens with zero attached hydrogens (tertiary/aromatic N) is 1. The lowest BCUT2D eigenvalue weighted by Gasteiger charge is -2.31. The Bertz CT molecular complexity index is 627. The summed E-state index contributed by atoms with van der Waals surface area (Å²) < 4.78 is 0. The van der Waals surface area contributed by atoms with E-state index in [9.17, 15) is 9.59 Å². The zero-order valence-electron chi connectivity index (χ0n) is 16.3. The molecule has 0 spiro atoms. The van der Waals surface area contributed by atoms with Gasteiger partial charge in [0.1, 0.15) is 5.41 Å². The van der Waals surface area contributed by atoms with Crippen molar-refractivity contribution >= 4 is 17.5 Å². The van der Waals surface area contributed by atoms with Crippen LogP contribution in [0.15, 0.2) is 18.2 Å². The van der Waals surface area contributed by atoms with E-state index in [0.29, 0.717) is 5.92 Å². The average Bonchev–Trinajstić information content (AvgIpc) is 2.84. The van der Waals surface area contributed by atoms with Crippen molar-refractivity contribution in [3.05, 3.63) is 29.3 Å². The fourth-order valence-electron chi connectivity index (χ4n) is 3.38. The van der Waals surface area contributed by atoms with Crippen molar-refractivity contribution in [1.82, 2.24) is 4.90 Å². The molecule has 0 aliphatic carbocycles. The highest BCUT2D eigenvalue weighted by atomic mass is 16.2. The average molecular weight is 344 g/mol. The molecular formula is C21H32N2O2. The number of nitrogens with one attached hydrogen (secondary N) is 1. The number of hydrogen-bond donors (Lipinski definition) is 1. The third-order valence-corrected chi connectivity index (χ3v) is 5.16. The van der Waals surface area contributed by atoms with E-state index in [4.69, 9.17) is 0 Å². The molecule has 0 atom stereocenters. The summed E-state index contributed by atoms with van der Waals surface area (Å²) in [5, 5.41) is 3.05. The van der Waals surface area contributed by atoms with Crippen LogP contribution >= 0.6 is 0 Å². The second-order valence-corrected chi connectivity index (χ2v) is 7.98. The van der Waals surface area contributed by atoms with Crippen molar-refractivity contribution in [2.75, 3.05) is 18.4 Å². The Balaban J connectivity index is 2.20. The molecular weight excluding hydrogens is 312 g/mol. The Morgan fingerprint density at radius 1 is 1.08 bits per heavy atom. The van der Waals surface area contributed by atoms with Crippen molar-refractivity contribution in [2.24, 2.45) is 5.41 Å². The minimum absolute atomic E-state index is 0.0634. The van der Waals surface area contributed by atoms with Crippen LogP contribution in [0.3, 0.4) is 0 Å². The number of likely N-dealkylation sites (tertiary alicyclic amines) is 1. The summed E-state index contributed by atoms with van der Waals surface area (Å²) in [4.78, 5) is 27.8. The highest BCUT2D eigenvalue weighted by molar-refractivity contribution is 6.10. The van der Waals surface area contributed by atoms with Gasteiger partial charge in [-0.3, -0.25) is 9.59 Å². The lowest BCUT2D eigenvalue weighted by Crippen LogP contribution is -2.47. The van der Waals surface area contributed by atoms with Crippen LogP contribution in [0.2, 0.25) is 0 Å². The summed E-state index contributed by atoms with van der Waals surface area (Å²) in [6, 6.07) is 6.04. The number of para-hydroxylation sites is 1. The SMILES string of the molecule is Cc1cccc(C(C)C)c1NC(=O)C(C)(C)C(=O)N1CCCCCC1. The zero-order valence-corrected chi connectivity index (χ0v) is 16.3. The summed E-state index contributed by atoms with van der Waals surface area (Å²) in [6.07, 6.45) is 4.38. The van der Waals surface area contributed by atoms with Crippen LogP contribution in [-0.4, -0.2) is 29.8 Å². The molecule has 25 heavy (non-hydrogen) atoms. The van der Waals surface area contributed by atoms with Crippen LogP contribution in [0.1, 0.15) is 70.4 Å². The molecule has 0 bridgehead atoms. The van der Waals surface area contributed by atoms with Crippen molar-refractivity contribution < 1.29 is 9.59 Å². The molecule has 1 aromatic rings. The minimum atomic E-state index is -1.07. The first kappa shape index (κ1) is 19.5. The molecule has 0 radical (unpaired) electrons. The number of aryl methyl sites for hydroxylation is 1. The zero-order chi connectivity index (χ0) is 18.6. The van der Waals surface area contributed by atoms with Gasteiger partial charge >= 0.3 is 0 Å². The molecule has 1 fully saturated rings. The van der Waals surface area contributed by atoms with Crippen molar-refractivity contribution in [2.45, 2.75) is 66.2 Å². The molecule has 4 nitrogen and oxygen atoms in total. The number of benzene rings is 1. The molecule has 0 aromatic heterocycles. The standard InChI is InChI=1S/C21H32N2O2/c1-15(2)17-12-10-11-16(3)18(17)22-19(24)21(4,5)20(25)23-13-8-6-7-9-14-23/h10-12,15H,6-9,13-14H2,1-5H3,(H,22,24). The predicted molar refractivity (Wildman–Crippen MR) is 103 cm³/mol. The monoisotopic (exact) mass is 344 g/mol. The van der Waals surface area contributed by atoms with Crippen LogP contribution < -0.4 is 5.32 Å². The van der Waals surface area contributed by atoms with E-state index in [-0.39, 0.29) is 11.8 Å². The molecule has 1 heterocycles. The quantitative estimate of drug-likeness (QED) is 0.818. The summed E-state index contributed by atoms with van der Waals surface area (Å²) in [6.45, 7) is 11.2. The smallest absolute Gasteiger partial charge is 0.239 e. The molecule has 2 rings (SSSR count). The summed E-state index contributed by atoms with van der Waals surface area (Å²) in [5.41, 5.74) is 1.91. The van der Waals surface area contributed by atoms with E-state index < -0.39 is 5.41 Å². The van der Waals surface area contributed by atoms with Crippen LogP contribution in [0.4, 0.5) is 5.69 Å². The van der Waals surface area contributed by atoms with Crippen molar-refractivity contribution in [3.8, 4) is 0 Å². The van der Waals surface area contributed by atoms with Gasteiger partial charge in [-0.05, 0) is 50.7 Å². The molecule has 4 heteroatoms. The summed E-state index contributed by atoms with van der Waals surface area (Å²) in [7, 11) is 0. The van der Waals surface area contributed by atoms with E-state index in [2.05, 4.69) is 19.2 Å². The largest absolute Gasteiger partial charge is 0.342 e. The Hall–Kier alpha value is -1.84. The van der Waals surface area contributed by atoms with Gasteiger partial charge in [-0.2, -0.15) is 0 Å². The minimum Gasteiger partial charge on any atom is -0.342 e. The van der Waals surface area contributed by atoms with Gasteiger partial charge in [-0.1, -0.05) is 44.9 Å². The Labute approximate surface area is 152 Å². The molecule has 2 amide bonds. The number of hydrogen-bond acceptors (Lipinski definition) is 2. The lowest BCUT2D eigenvalue weighted by atomic mass is 9.89. The van der Waals surface area contributed by atoms with Crippen LogP contribution in [0.25, 0.3) is 0 Å². The molecule has 1 saturated heterocycles. The molecule has 1 aliphatic rings. The Kier molecular flexibility index (Phi) is 6.26. The molecule has 1 aliphatic heterocycles. The second-order valence-electron chi connectivity index (χ2n) is 7.98. The summed E-state index contributed by atoms with van der Waals surface area (Å²) in [5.74, 6) is 0.0177. The Morgan fingerprint density at radius 3 is 2.24 bits per heavy atom. The van der Waals surface area contributed by atoms with Crippen molar-refractivity contribution in [3.63, 3.8) is 0 Å². The number of anilines is 1. The lowest BCUT2D eigenvalue weighted by molar-refractivity contribution is -0.146. The normalized spacial score (nSPS) is 15.8. The maximum Gasteiger partial charge on any atom is 0.239 e. The van der Waals surface area contributed by atoms with Gasteiger partial charge in [0.15, 0.2) is 0 Å². The maximum atomic E-state index is 13.0. The van der Waals surface area contributed by atoms with E-state index in [0.717, 1.165) is 55.6 Å². The van der Waals surface area contributed by atoms with E-state index in [1.165, 1.54) is 0 Å². The predicted octanol–water partition coefficient (Wildman–Crippen LogP) is 4.49. The van der Waals surface area contributed by atoms with Crippen molar-refractivity contribution in [1.29, 1.82) is 0 Å².